The van der Waals surface area contributed by atoms with Crippen molar-refractivity contribution in [1.82, 2.24) is 15.5 Å². The van der Waals surface area contributed by atoms with Gasteiger partial charge in [-0.15, -0.1) is 11.3 Å². The number of thiophene rings is 1. The second-order valence-electron chi connectivity index (χ2n) is 5.81. The molecule has 1 saturated carbocycles. The first kappa shape index (κ1) is 14.4. The molecule has 114 valence electrons. The molecule has 1 aliphatic heterocycles. The number of carbonyl (C=O) groups is 2. The molecule has 5 nitrogen and oxygen atoms in total. The molecule has 0 spiro atoms. The monoisotopic (exact) mass is 307 g/mol. The average Bonchev–Trinajstić information content (AvgIpc) is 3.16. The molecule has 1 unspecified atom stereocenters. The predicted molar refractivity (Wildman–Crippen MR) is 82.0 cm³/mol. The van der Waals surface area contributed by atoms with Crippen LogP contribution in [0, 0.1) is 5.92 Å². The quantitative estimate of drug-likeness (QED) is 0.893. The molecule has 0 bridgehead atoms. The summed E-state index contributed by atoms with van der Waals surface area (Å²) in [7, 11) is 0. The zero-order valence-electron chi connectivity index (χ0n) is 12.0. The van der Waals surface area contributed by atoms with E-state index in [9.17, 15) is 9.59 Å². The maximum absolute atomic E-state index is 12.2. The van der Waals surface area contributed by atoms with E-state index in [1.807, 2.05) is 17.5 Å². The minimum absolute atomic E-state index is 0.0492. The van der Waals surface area contributed by atoms with Crippen molar-refractivity contribution >= 4 is 23.3 Å². The number of rotatable bonds is 4. The molecule has 2 aliphatic rings. The Morgan fingerprint density at radius 2 is 2.19 bits per heavy atom. The minimum atomic E-state index is -0.0627. The highest BCUT2D eigenvalue weighted by molar-refractivity contribution is 7.09. The first-order valence-corrected chi connectivity index (χ1v) is 8.46. The first-order valence-electron chi connectivity index (χ1n) is 7.58. The molecule has 2 fully saturated rings. The standard InChI is InChI=1S/C15H21N3O2S/c19-14(17-12-5-6-12)11-3-1-7-18(10-11)15(20)16-9-13-4-2-8-21-13/h2,4,8,11-12H,1,3,5-7,9-10H2,(H,16,20)(H,17,19). The lowest BCUT2D eigenvalue weighted by atomic mass is 9.97. The second-order valence-corrected chi connectivity index (χ2v) is 6.84. The third kappa shape index (κ3) is 3.97. The maximum Gasteiger partial charge on any atom is 0.317 e. The summed E-state index contributed by atoms with van der Waals surface area (Å²) in [5.74, 6) is 0.0695. The van der Waals surface area contributed by atoms with Gasteiger partial charge in [0.1, 0.15) is 0 Å². The van der Waals surface area contributed by atoms with E-state index in [1.54, 1.807) is 16.2 Å². The molecule has 3 amide bonds. The van der Waals surface area contributed by atoms with Crippen LogP contribution in [-0.4, -0.2) is 36.0 Å². The van der Waals surface area contributed by atoms with Gasteiger partial charge in [-0.05, 0) is 37.1 Å². The van der Waals surface area contributed by atoms with Crippen LogP contribution >= 0.6 is 11.3 Å². The van der Waals surface area contributed by atoms with Crippen LogP contribution in [0.15, 0.2) is 17.5 Å². The van der Waals surface area contributed by atoms with Crippen LogP contribution in [0.2, 0.25) is 0 Å². The number of hydrogen-bond donors (Lipinski definition) is 2. The first-order chi connectivity index (χ1) is 10.2. The van der Waals surface area contributed by atoms with Gasteiger partial charge in [0.05, 0.1) is 12.5 Å². The van der Waals surface area contributed by atoms with Gasteiger partial charge in [-0.25, -0.2) is 4.79 Å². The smallest absolute Gasteiger partial charge is 0.317 e. The SMILES string of the molecule is O=C(NC1CC1)C1CCCN(C(=O)NCc2cccs2)C1. The molecule has 21 heavy (non-hydrogen) atoms. The van der Waals surface area contributed by atoms with Crippen LogP contribution in [0.5, 0.6) is 0 Å². The largest absolute Gasteiger partial charge is 0.353 e. The highest BCUT2D eigenvalue weighted by atomic mass is 32.1. The Kier molecular flexibility index (Phi) is 4.43. The van der Waals surface area contributed by atoms with E-state index >= 15 is 0 Å². The van der Waals surface area contributed by atoms with Crippen LogP contribution < -0.4 is 10.6 Å². The molecule has 1 saturated heterocycles. The molecule has 6 heteroatoms. The highest BCUT2D eigenvalue weighted by Gasteiger charge is 2.31. The molecule has 0 aromatic carbocycles. The fraction of sp³-hybridized carbons (Fsp3) is 0.600. The van der Waals surface area contributed by atoms with E-state index in [0.29, 0.717) is 19.1 Å². The van der Waals surface area contributed by atoms with Crippen LogP contribution in [0.25, 0.3) is 0 Å². The van der Waals surface area contributed by atoms with Crippen molar-refractivity contribution in [2.24, 2.45) is 5.92 Å². The van der Waals surface area contributed by atoms with Crippen LogP contribution in [0.4, 0.5) is 4.79 Å². The Morgan fingerprint density at radius 1 is 1.33 bits per heavy atom. The average molecular weight is 307 g/mol. The predicted octanol–water partition coefficient (Wildman–Crippen LogP) is 1.95. The van der Waals surface area contributed by atoms with Crippen molar-refractivity contribution in [1.29, 1.82) is 0 Å². The number of nitrogens with one attached hydrogen (secondary N) is 2. The Bertz CT molecular complexity index is 499. The minimum Gasteiger partial charge on any atom is -0.353 e. The highest BCUT2D eigenvalue weighted by Crippen LogP contribution is 2.22. The lowest BCUT2D eigenvalue weighted by molar-refractivity contribution is -0.126. The molecule has 3 rings (SSSR count). The van der Waals surface area contributed by atoms with Crippen LogP contribution in [-0.2, 0) is 11.3 Å². The zero-order valence-corrected chi connectivity index (χ0v) is 12.8. The summed E-state index contributed by atoms with van der Waals surface area (Å²) in [5.41, 5.74) is 0. The van der Waals surface area contributed by atoms with Crippen molar-refractivity contribution in [3.8, 4) is 0 Å². The van der Waals surface area contributed by atoms with Gasteiger partial charge in [0.25, 0.3) is 0 Å². The maximum atomic E-state index is 12.2. The molecular formula is C15H21N3O2S. The Labute approximate surface area is 128 Å². The topological polar surface area (TPSA) is 61.4 Å². The molecule has 2 N–H and O–H groups in total. The number of likely N-dealkylation sites (tertiary alicyclic amines) is 1. The van der Waals surface area contributed by atoms with Gasteiger partial charge < -0.3 is 15.5 Å². The number of piperidine rings is 1. The van der Waals surface area contributed by atoms with Gasteiger partial charge in [0.2, 0.25) is 5.91 Å². The Hall–Kier alpha value is -1.56. The third-order valence-corrected chi connectivity index (χ3v) is 4.87. The van der Waals surface area contributed by atoms with Gasteiger partial charge in [-0.2, -0.15) is 0 Å². The fourth-order valence-electron chi connectivity index (χ4n) is 2.61. The van der Waals surface area contributed by atoms with Gasteiger partial charge in [-0.3, -0.25) is 4.79 Å². The summed E-state index contributed by atoms with van der Waals surface area (Å²) < 4.78 is 0. The van der Waals surface area contributed by atoms with Crippen molar-refractivity contribution in [2.75, 3.05) is 13.1 Å². The fourth-order valence-corrected chi connectivity index (χ4v) is 3.25. The summed E-state index contributed by atoms with van der Waals surface area (Å²) in [6, 6.07) is 4.31. The van der Waals surface area contributed by atoms with Crippen molar-refractivity contribution in [3.63, 3.8) is 0 Å². The second kappa shape index (κ2) is 6.47. The normalized spacial score (nSPS) is 21.9. The van der Waals surface area contributed by atoms with Gasteiger partial charge in [-0.1, -0.05) is 6.07 Å². The van der Waals surface area contributed by atoms with Crippen molar-refractivity contribution < 1.29 is 9.59 Å². The molecular weight excluding hydrogens is 286 g/mol. The summed E-state index contributed by atoms with van der Waals surface area (Å²) in [4.78, 5) is 27.2. The molecule has 0 radical (unpaired) electrons. The molecule has 1 aromatic rings. The summed E-state index contributed by atoms with van der Waals surface area (Å²) >= 11 is 1.63. The summed E-state index contributed by atoms with van der Waals surface area (Å²) in [6.07, 6.45) is 3.98. The van der Waals surface area contributed by atoms with E-state index in [0.717, 1.165) is 37.1 Å². The number of carbonyl (C=O) groups excluding carboxylic acids is 2. The number of urea groups is 1. The van der Waals surface area contributed by atoms with Gasteiger partial charge >= 0.3 is 6.03 Å². The molecule has 1 aromatic heterocycles. The van der Waals surface area contributed by atoms with Crippen molar-refractivity contribution in [3.05, 3.63) is 22.4 Å². The molecule has 2 heterocycles. The number of hydrogen-bond acceptors (Lipinski definition) is 3. The van der Waals surface area contributed by atoms with Crippen LogP contribution in [0.1, 0.15) is 30.6 Å². The van der Waals surface area contributed by atoms with E-state index in [2.05, 4.69) is 10.6 Å². The van der Waals surface area contributed by atoms with E-state index in [-0.39, 0.29) is 17.9 Å². The Morgan fingerprint density at radius 3 is 2.90 bits per heavy atom. The van der Waals surface area contributed by atoms with E-state index in [4.69, 9.17) is 0 Å². The van der Waals surface area contributed by atoms with E-state index < -0.39 is 0 Å². The number of nitrogens with zero attached hydrogens (tertiary/aromatic N) is 1. The van der Waals surface area contributed by atoms with Crippen molar-refractivity contribution in [2.45, 2.75) is 38.3 Å². The van der Waals surface area contributed by atoms with E-state index in [1.165, 1.54) is 0 Å². The number of amides is 3. The van der Waals surface area contributed by atoms with Gasteiger partial charge in [0.15, 0.2) is 0 Å². The Balaban J connectivity index is 1.47. The van der Waals surface area contributed by atoms with Crippen LogP contribution in [0.3, 0.4) is 0 Å². The van der Waals surface area contributed by atoms with Gasteiger partial charge in [0, 0.05) is 24.0 Å². The molecule has 1 aliphatic carbocycles. The zero-order chi connectivity index (χ0) is 14.7. The lowest BCUT2D eigenvalue weighted by Gasteiger charge is -2.32. The third-order valence-electron chi connectivity index (χ3n) is 4.00. The molecule has 1 atom stereocenters. The summed E-state index contributed by atoms with van der Waals surface area (Å²) in [6.45, 7) is 1.84. The lowest BCUT2D eigenvalue weighted by Crippen LogP contribution is -2.49. The summed E-state index contributed by atoms with van der Waals surface area (Å²) in [5, 5.41) is 7.98.